The number of amides is 1. The summed E-state index contributed by atoms with van der Waals surface area (Å²) in [5.41, 5.74) is -0.532. The molecule has 0 aliphatic heterocycles. The molecule has 2 N–H and O–H groups in total. The van der Waals surface area contributed by atoms with Crippen molar-refractivity contribution in [2.24, 2.45) is 0 Å². The molecule has 0 heterocycles. The van der Waals surface area contributed by atoms with Crippen LogP contribution in [0.5, 0.6) is 0 Å². The summed E-state index contributed by atoms with van der Waals surface area (Å²) >= 11 is 0. The minimum Gasteiger partial charge on any atom is -0.343 e. The van der Waals surface area contributed by atoms with E-state index in [0.717, 1.165) is 36.4 Å². The maximum absolute atomic E-state index is 13.6. The predicted octanol–water partition coefficient (Wildman–Crippen LogP) is 3.06. The van der Waals surface area contributed by atoms with E-state index in [0.29, 0.717) is 0 Å². The topological polar surface area (TPSA) is 75.3 Å². The van der Waals surface area contributed by atoms with Crippen LogP contribution in [-0.2, 0) is 10.0 Å². The van der Waals surface area contributed by atoms with Gasteiger partial charge in [0.1, 0.15) is 18.2 Å². The average molecular weight is 394 g/mol. The molecule has 0 aliphatic rings. The maximum atomic E-state index is 13.6. The maximum Gasteiger partial charge on any atom is 0.405 e. The highest BCUT2D eigenvalue weighted by molar-refractivity contribution is 7.92. The summed E-state index contributed by atoms with van der Waals surface area (Å²) in [5, 5.41) is 1.62. The molecule has 11 heteroatoms. The Morgan fingerprint density at radius 1 is 1.00 bits per heavy atom. The van der Waals surface area contributed by atoms with E-state index >= 15 is 0 Å². The van der Waals surface area contributed by atoms with Crippen molar-refractivity contribution in [2.45, 2.75) is 11.1 Å². The largest absolute Gasteiger partial charge is 0.405 e. The highest BCUT2D eigenvalue weighted by Gasteiger charge is 2.28. The first kappa shape index (κ1) is 19.6. The van der Waals surface area contributed by atoms with E-state index in [9.17, 15) is 35.2 Å². The van der Waals surface area contributed by atoms with Gasteiger partial charge in [-0.2, -0.15) is 13.2 Å². The molecule has 0 fully saturated rings. The van der Waals surface area contributed by atoms with E-state index in [1.165, 1.54) is 6.07 Å². The van der Waals surface area contributed by atoms with Gasteiger partial charge >= 0.3 is 6.18 Å². The second-order valence-electron chi connectivity index (χ2n) is 5.03. The number of hydrogen-bond acceptors (Lipinski definition) is 3. The summed E-state index contributed by atoms with van der Waals surface area (Å²) < 4.78 is 89.8. The lowest BCUT2D eigenvalue weighted by Gasteiger charge is -2.11. The number of sulfonamides is 1. The number of rotatable bonds is 5. The van der Waals surface area contributed by atoms with Crippen molar-refractivity contribution in [3.05, 3.63) is 59.7 Å². The van der Waals surface area contributed by atoms with Gasteiger partial charge in [-0.05, 0) is 30.3 Å². The van der Waals surface area contributed by atoms with E-state index in [1.54, 1.807) is 5.32 Å². The van der Waals surface area contributed by atoms with Crippen LogP contribution in [0.1, 0.15) is 10.4 Å². The van der Waals surface area contributed by atoms with E-state index in [2.05, 4.69) is 0 Å². The molecular formula is C15H11F5N2O3S. The molecule has 0 aliphatic carbocycles. The average Bonchev–Trinajstić information content (AvgIpc) is 2.51. The molecule has 2 aromatic carbocycles. The molecule has 0 bridgehead atoms. The lowest BCUT2D eigenvalue weighted by molar-refractivity contribution is -0.123. The highest BCUT2D eigenvalue weighted by atomic mass is 32.2. The summed E-state index contributed by atoms with van der Waals surface area (Å²) in [6, 6.07) is 6.91. The molecule has 2 rings (SSSR count). The van der Waals surface area contributed by atoms with Crippen LogP contribution in [0.2, 0.25) is 0 Å². The lowest BCUT2D eigenvalue weighted by atomic mass is 10.2. The Morgan fingerprint density at radius 2 is 1.58 bits per heavy atom. The SMILES string of the molecule is O=C(NCC(F)(F)F)c1cccc(NS(=O)(=O)c2c(F)cccc2F)c1. The van der Waals surface area contributed by atoms with Crippen LogP contribution in [-0.4, -0.2) is 27.0 Å². The lowest BCUT2D eigenvalue weighted by Crippen LogP contribution is -2.33. The van der Waals surface area contributed by atoms with Gasteiger partial charge in [-0.25, -0.2) is 17.2 Å². The summed E-state index contributed by atoms with van der Waals surface area (Å²) in [7, 11) is -4.66. The molecule has 5 nitrogen and oxygen atoms in total. The van der Waals surface area contributed by atoms with Crippen LogP contribution >= 0.6 is 0 Å². The number of anilines is 1. The molecule has 0 unspecified atom stereocenters. The van der Waals surface area contributed by atoms with E-state index in [-0.39, 0.29) is 11.3 Å². The number of alkyl halides is 3. The quantitative estimate of drug-likeness (QED) is 0.766. The fourth-order valence-electron chi connectivity index (χ4n) is 1.95. The fourth-order valence-corrected chi connectivity index (χ4v) is 3.14. The molecular weight excluding hydrogens is 383 g/mol. The van der Waals surface area contributed by atoms with Crippen LogP contribution in [0.3, 0.4) is 0 Å². The van der Waals surface area contributed by atoms with Crippen LogP contribution in [0.4, 0.5) is 27.6 Å². The number of carbonyl (C=O) groups excluding carboxylic acids is 1. The molecule has 26 heavy (non-hydrogen) atoms. The number of halogens is 5. The second-order valence-corrected chi connectivity index (χ2v) is 6.65. The first-order chi connectivity index (χ1) is 12.0. The number of carbonyl (C=O) groups is 1. The third-order valence-corrected chi connectivity index (χ3v) is 4.45. The normalized spacial score (nSPS) is 11.9. The smallest absolute Gasteiger partial charge is 0.343 e. The Hall–Kier alpha value is -2.69. The predicted molar refractivity (Wildman–Crippen MR) is 82.0 cm³/mol. The van der Waals surface area contributed by atoms with Gasteiger partial charge in [0.25, 0.3) is 15.9 Å². The summed E-state index contributed by atoms with van der Waals surface area (Å²) in [6.07, 6.45) is -4.61. The fraction of sp³-hybridized carbons (Fsp3) is 0.133. The molecule has 0 atom stereocenters. The first-order valence-electron chi connectivity index (χ1n) is 6.91. The van der Waals surface area contributed by atoms with Gasteiger partial charge in [0.05, 0.1) is 0 Å². The van der Waals surface area contributed by atoms with E-state index in [4.69, 9.17) is 0 Å². The van der Waals surface area contributed by atoms with Crippen LogP contribution in [0.15, 0.2) is 47.4 Å². The van der Waals surface area contributed by atoms with E-state index < -0.39 is 45.2 Å². The zero-order valence-electron chi connectivity index (χ0n) is 12.8. The van der Waals surface area contributed by atoms with Crippen molar-refractivity contribution in [1.82, 2.24) is 5.32 Å². The van der Waals surface area contributed by atoms with Gasteiger partial charge in [-0.1, -0.05) is 12.1 Å². The summed E-state index contributed by atoms with van der Waals surface area (Å²) in [5.74, 6) is -3.74. The van der Waals surface area contributed by atoms with Gasteiger partial charge in [0.15, 0.2) is 4.90 Å². The molecule has 2 aromatic rings. The third-order valence-electron chi connectivity index (χ3n) is 3.01. The standard InChI is InChI=1S/C15H11F5N2O3S/c16-11-5-2-6-12(17)13(11)26(24,25)22-10-4-1-3-9(7-10)14(23)21-8-15(18,19)20/h1-7,22H,8H2,(H,21,23). The number of hydrogen-bond donors (Lipinski definition) is 2. The van der Waals surface area contributed by atoms with Crippen molar-refractivity contribution >= 4 is 21.6 Å². The van der Waals surface area contributed by atoms with Crippen molar-refractivity contribution < 1.29 is 35.2 Å². The van der Waals surface area contributed by atoms with Gasteiger partial charge in [0, 0.05) is 11.3 Å². The Balaban J connectivity index is 2.24. The van der Waals surface area contributed by atoms with Crippen molar-refractivity contribution in [3.63, 3.8) is 0 Å². The zero-order chi connectivity index (χ0) is 19.5. The monoisotopic (exact) mass is 394 g/mol. The van der Waals surface area contributed by atoms with Gasteiger partial charge in [0.2, 0.25) is 0 Å². The zero-order valence-corrected chi connectivity index (χ0v) is 13.6. The van der Waals surface area contributed by atoms with Gasteiger partial charge in [-0.3, -0.25) is 9.52 Å². The van der Waals surface area contributed by atoms with Gasteiger partial charge < -0.3 is 5.32 Å². The van der Waals surface area contributed by atoms with Crippen LogP contribution in [0.25, 0.3) is 0 Å². The third kappa shape index (κ3) is 4.91. The van der Waals surface area contributed by atoms with E-state index in [1.807, 2.05) is 4.72 Å². The Morgan fingerprint density at radius 3 is 2.15 bits per heavy atom. The second kappa shape index (κ2) is 7.28. The first-order valence-corrected chi connectivity index (χ1v) is 8.40. The van der Waals surface area contributed by atoms with Crippen LogP contribution in [0, 0.1) is 11.6 Å². The Labute approximate surface area is 144 Å². The molecule has 140 valence electrons. The molecule has 0 saturated heterocycles. The van der Waals surface area contributed by atoms with Crippen molar-refractivity contribution in [1.29, 1.82) is 0 Å². The minimum absolute atomic E-state index is 0.257. The van der Waals surface area contributed by atoms with Gasteiger partial charge in [-0.15, -0.1) is 0 Å². The highest BCUT2D eigenvalue weighted by Crippen LogP contribution is 2.22. The Bertz CT molecular complexity index is 909. The number of nitrogens with one attached hydrogen (secondary N) is 2. The summed E-state index contributed by atoms with van der Waals surface area (Å²) in [4.78, 5) is 10.5. The van der Waals surface area contributed by atoms with Crippen molar-refractivity contribution in [2.75, 3.05) is 11.3 Å². The number of benzene rings is 2. The van der Waals surface area contributed by atoms with Crippen LogP contribution < -0.4 is 10.0 Å². The minimum atomic E-state index is -4.66. The summed E-state index contributed by atoms with van der Waals surface area (Å²) in [6.45, 7) is -1.57. The molecule has 0 spiro atoms. The van der Waals surface area contributed by atoms with Crippen molar-refractivity contribution in [3.8, 4) is 0 Å². The Kier molecular flexibility index (Phi) is 5.50. The molecule has 0 saturated carbocycles. The molecule has 0 aromatic heterocycles. The molecule has 1 amide bonds. The molecule has 0 radical (unpaired) electrons.